The van der Waals surface area contributed by atoms with E-state index in [9.17, 15) is 18.0 Å². The Bertz CT molecular complexity index is 833. The molecule has 0 aliphatic carbocycles. The zero-order chi connectivity index (χ0) is 20.9. The van der Waals surface area contributed by atoms with Crippen molar-refractivity contribution in [3.63, 3.8) is 0 Å². The molecule has 0 spiro atoms. The number of nitrogens with two attached hydrogens (primary N) is 2. The van der Waals surface area contributed by atoms with Gasteiger partial charge in [-0.15, -0.1) is 11.3 Å². The number of hydrogen-bond donors (Lipinski definition) is 3. The monoisotopic (exact) mass is 416 g/mol. The number of thiazole rings is 1. The van der Waals surface area contributed by atoms with Crippen LogP contribution in [0.5, 0.6) is 0 Å². The summed E-state index contributed by atoms with van der Waals surface area (Å²) in [5.41, 5.74) is 14.0. The maximum absolute atomic E-state index is 11.2. The van der Waals surface area contributed by atoms with Crippen LogP contribution in [0.1, 0.15) is 12.8 Å². The largest absolute Gasteiger partial charge is 0.490 e. The molecule has 11 heteroatoms. The molecule has 0 bridgehead atoms. The number of benzene rings is 1. The molecule has 1 fully saturated rings. The predicted octanol–water partition coefficient (Wildman–Crippen LogP) is 2.73. The van der Waals surface area contributed by atoms with Crippen LogP contribution in [-0.4, -0.2) is 41.2 Å². The molecule has 0 saturated carbocycles. The van der Waals surface area contributed by atoms with Crippen LogP contribution in [0.15, 0.2) is 29.6 Å². The molecule has 1 aromatic heterocycles. The maximum atomic E-state index is 11.2. The van der Waals surface area contributed by atoms with Gasteiger partial charge >= 0.3 is 12.1 Å². The Kier molecular flexibility index (Phi) is 6.84. The number of anilines is 2. The molecular formula is C17H19F3N4O3S. The number of primary amides is 1. The first-order valence-electron chi connectivity index (χ1n) is 8.24. The van der Waals surface area contributed by atoms with Crippen molar-refractivity contribution in [2.24, 2.45) is 11.7 Å². The van der Waals surface area contributed by atoms with Crippen molar-refractivity contribution in [1.29, 1.82) is 0 Å². The van der Waals surface area contributed by atoms with Gasteiger partial charge in [0, 0.05) is 35.6 Å². The zero-order valence-electron chi connectivity index (χ0n) is 14.6. The Morgan fingerprint density at radius 2 is 1.79 bits per heavy atom. The van der Waals surface area contributed by atoms with Crippen LogP contribution >= 0.6 is 11.3 Å². The molecule has 1 aromatic carbocycles. The fraction of sp³-hybridized carbons (Fsp3) is 0.353. The molecule has 152 valence electrons. The van der Waals surface area contributed by atoms with E-state index in [4.69, 9.17) is 21.4 Å². The van der Waals surface area contributed by atoms with E-state index in [1.165, 1.54) is 0 Å². The van der Waals surface area contributed by atoms with Gasteiger partial charge in [-0.25, -0.2) is 9.78 Å². The lowest BCUT2D eigenvalue weighted by Crippen LogP contribution is -2.38. The lowest BCUT2D eigenvalue weighted by Gasteiger charge is -2.30. The second-order valence-electron chi connectivity index (χ2n) is 6.07. The second kappa shape index (κ2) is 8.91. The molecule has 0 unspecified atom stereocenters. The van der Waals surface area contributed by atoms with E-state index in [-0.39, 0.29) is 11.8 Å². The first kappa shape index (κ1) is 21.5. The number of aliphatic carboxylic acids is 1. The summed E-state index contributed by atoms with van der Waals surface area (Å²) in [7, 11) is 0. The molecule has 28 heavy (non-hydrogen) atoms. The van der Waals surface area contributed by atoms with Crippen LogP contribution in [0.4, 0.5) is 24.0 Å². The topological polar surface area (TPSA) is 123 Å². The molecular weight excluding hydrogens is 397 g/mol. The molecule has 1 aliphatic heterocycles. The van der Waals surface area contributed by atoms with Crippen LogP contribution in [0.2, 0.25) is 0 Å². The molecule has 0 radical (unpaired) electrons. The summed E-state index contributed by atoms with van der Waals surface area (Å²) in [5, 5.41) is 10.1. The minimum atomic E-state index is -5.08. The first-order chi connectivity index (χ1) is 13.1. The highest BCUT2D eigenvalue weighted by Crippen LogP contribution is 2.32. The number of alkyl halides is 3. The van der Waals surface area contributed by atoms with Crippen LogP contribution in [0.3, 0.4) is 0 Å². The summed E-state index contributed by atoms with van der Waals surface area (Å²) >= 11 is 1.61. The summed E-state index contributed by atoms with van der Waals surface area (Å²) < 4.78 is 31.7. The lowest BCUT2D eigenvalue weighted by atomic mass is 9.97. The number of carbonyl (C=O) groups is 2. The van der Waals surface area contributed by atoms with Gasteiger partial charge in [-0.3, -0.25) is 4.79 Å². The van der Waals surface area contributed by atoms with Crippen molar-refractivity contribution in [2.75, 3.05) is 23.7 Å². The fourth-order valence-corrected chi connectivity index (χ4v) is 3.50. The lowest BCUT2D eigenvalue weighted by molar-refractivity contribution is -0.192. The predicted molar refractivity (Wildman–Crippen MR) is 99.8 cm³/mol. The van der Waals surface area contributed by atoms with Gasteiger partial charge in [0.15, 0.2) is 5.13 Å². The smallest absolute Gasteiger partial charge is 0.475 e. The first-order valence-corrected chi connectivity index (χ1v) is 9.12. The van der Waals surface area contributed by atoms with Gasteiger partial charge in [-0.1, -0.05) is 18.2 Å². The number of carboxylic acid groups (broad SMARTS) is 1. The third-order valence-electron chi connectivity index (χ3n) is 4.14. The normalized spacial score (nSPS) is 14.9. The maximum Gasteiger partial charge on any atom is 0.490 e. The molecule has 5 N–H and O–H groups in total. The molecule has 2 heterocycles. The van der Waals surface area contributed by atoms with Crippen molar-refractivity contribution in [3.8, 4) is 11.3 Å². The van der Waals surface area contributed by atoms with Crippen LogP contribution < -0.4 is 16.4 Å². The van der Waals surface area contributed by atoms with E-state index in [0.29, 0.717) is 0 Å². The van der Waals surface area contributed by atoms with Gasteiger partial charge < -0.3 is 21.5 Å². The third kappa shape index (κ3) is 5.59. The summed E-state index contributed by atoms with van der Waals surface area (Å²) in [6.45, 7) is 1.65. The van der Waals surface area contributed by atoms with E-state index in [1.54, 1.807) is 11.3 Å². The van der Waals surface area contributed by atoms with Crippen LogP contribution in [0, 0.1) is 5.92 Å². The average molecular weight is 416 g/mol. The van der Waals surface area contributed by atoms with Crippen molar-refractivity contribution < 1.29 is 27.9 Å². The number of aromatic nitrogens is 1. The Morgan fingerprint density at radius 1 is 1.21 bits per heavy atom. The zero-order valence-corrected chi connectivity index (χ0v) is 15.5. The number of para-hydroxylation sites is 1. The van der Waals surface area contributed by atoms with Crippen LogP contribution in [-0.2, 0) is 9.59 Å². The second-order valence-corrected chi connectivity index (χ2v) is 6.91. The molecule has 1 saturated heterocycles. The molecule has 3 rings (SSSR count). The van der Waals surface area contributed by atoms with Crippen LogP contribution in [0.25, 0.3) is 11.3 Å². The highest BCUT2D eigenvalue weighted by atomic mass is 32.1. The summed E-state index contributed by atoms with van der Waals surface area (Å²) in [5.74, 6) is -2.94. The van der Waals surface area contributed by atoms with E-state index < -0.39 is 12.1 Å². The van der Waals surface area contributed by atoms with Crippen molar-refractivity contribution >= 4 is 34.0 Å². The van der Waals surface area contributed by atoms with Crippen molar-refractivity contribution in [1.82, 2.24) is 4.98 Å². The molecule has 1 amide bonds. The quantitative estimate of drug-likeness (QED) is 0.661. The number of amides is 1. The van der Waals surface area contributed by atoms with E-state index in [0.717, 1.165) is 48.0 Å². The van der Waals surface area contributed by atoms with Gasteiger partial charge in [0.1, 0.15) is 0 Å². The molecule has 7 nitrogen and oxygen atoms in total. The number of halogens is 3. The Morgan fingerprint density at radius 3 is 2.29 bits per heavy atom. The Labute approximate surface area is 162 Å². The van der Waals surface area contributed by atoms with Gasteiger partial charge in [0.25, 0.3) is 0 Å². The molecule has 1 aliphatic rings. The van der Waals surface area contributed by atoms with E-state index in [1.807, 2.05) is 29.6 Å². The SMILES string of the molecule is NC(=O)C1CCN(c2nc(-c3ccccc3N)cs2)CC1.O=C(O)C(F)(F)F. The Balaban J connectivity index is 0.000000345. The van der Waals surface area contributed by atoms with Crippen molar-refractivity contribution in [3.05, 3.63) is 29.6 Å². The number of carboxylic acids is 1. The van der Waals surface area contributed by atoms with E-state index in [2.05, 4.69) is 9.88 Å². The third-order valence-corrected chi connectivity index (χ3v) is 5.04. The number of carbonyl (C=O) groups excluding carboxylic acids is 1. The van der Waals surface area contributed by atoms with Gasteiger partial charge in [-0.2, -0.15) is 13.2 Å². The average Bonchev–Trinajstić information content (AvgIpc) is 3.12. The standard InChI is InChI=1S/C15H18N4OS.C2HF3O2/c16-12-4-2-1-3-11(12)13-9-21-15(18-13)19-7-5-10(6-8-19)14(17)20;3-2(4,5)1(6)7/h1-4,9-10H,5-8,16H2,(H2,17,20);(H,6,7). The summed E-state index contributed by atoms with van der Waals surface area (Å²) in [6, 6.07) is 7.74. The molecule has 0 atom stereocenters. The van der Waals surface area contributed by atoms with Gasteiger partial charge in [-0.05, 0) is 18.9 Å². The van der Waals surface area contributed by atoms with Gasteiger partial charge in [0.2, 0.25) is 5.91 Å². The van der Waals surface area contributed by atoms with Gasteiger partial charge in [0.05, 0.1) is 5.69 Å². The highest BCUT2D eigenvalue weighted by molar-refractivity contribution is 7.14. The minimum Gasteiger partial charge on any atom is -0.475 e. The number of rotatable bonds is 3. The molecule has 2 aromatic rings. The highest BCUT2D eigenvalue weighted by Gasteiger charge is 2.38. The summed E-state index contributed by atoms with van der Waals surface area (Å²) in [4.78, 5) is 27.0. The minimum absolute atomic E-state index is 0.00505. The van der Waals surface area contributed by atoms with E-state index >= 15 is 0 Å². The number of piperidine rings is 1. The number of hydrogen-bond acceptors (Lipinski definition) is 6. The number of nitrogen functional groups attached to an aromatic ring is 1. The fourth-order valence-electron chi connectivity index (χ4n) is 2.62. The summed E-state index contributed by atoms with van der Waals surface area (Å²) in [6.07, 6.45) is -3.48. The number of nitrogens with zero attached hydrogens (tertiary/aromatic N) is 2. The van der Waals surface area contributed by atoms with Crippen molar-refractivity contribution in [2.45, 2.75) is 19.0 Å². The Hall–Kier alpha value is -2.82.